The van der Waals surface area contributed by atoms with Crippen LogP contribution in [0.3, 0.4) is 0 Å². The first-order chi connectivity index (χ1) is 9.56. The highest BCUT2D eigenvalue weighted by atomic mass is 19.2. The van der Waals surface area contributed by atoms with Gasteiger partial charge in [0.15, 0.2) is 11.6 Å². The van der Waals surface area contributed by atoms with Gasteiger partial charge in [0, 0.05) is 25.2 Å². The molecule has 0 saturated carbocycles. The van der Waals surface area contributed by atoms with Gasteiger partial charge in [-0.05, 0) is 37.0 Å². The molecule has 1 N–H and O–H groups in total. The molecule has 0 aliphatic carbocycles. The summed E-state index contributed by atoms with van der Waals surface area (Å²) in [4.78, 5) is 14.4. The number of fused-ring (bicyclic) bond motifs is 1. The molecule has 2 heterocycles. The largest absolute Gasteiger partial charge is 0.335 e. The van der Waals surface area contributed by atoms with Crippen molar-refractivity contribution in [2.24, 2.45) is 5.92 Å². The maximum absolute atomic E-state index is 13.2. The Bertz CT molecular complexity index is 535. The third-order valence-electron chi connectivity index (χ3n) is 4.41. The van der Waals surface area contributed by atoms with E-state index in [2.05, 4.69) is 12.2 Å². The van der Waals surface area contributed by atoms with Crippen LogP contribution in [0.25, 0.3) is 0 Å². The molecular weight excluding hydrogens is 262 g/mol. The van der Waals surface area contributed by atoms with E-state index in [1.165, 1.54) is 6.07 Å². The average molecular weight is 280 g/mol. The lowest BCUT2D eigenvalue weighted by molar-refractivity contribution is -0.133. The molecule has 3 atom stereocenters. The molecule has 0 bridgehead atoms. The van der Waals surface area contributed by atoms with Gasteiger partial charge in [0.05, 0.1) is 6.42 Å². The Labute approximate surface area is 117 Å². The first-order valence-electron chi connectivity index (χ1n) is 7.02. The zero-order valence-electron chi connectivity index (χ0n) is 11.4. The standard InChI is InChI=1S/C15H18F2N2O/c1-9-4-11-7-18-8-14(11)19(9)15(20)6-10-2-3-12(16)13(17)5-10/h2-3,5,9,11,14,18H,4,6-8H2,1H3. The van der Waals surface area contributed by atoms with Crippen molar-refractivity contribution >= 4 is 5.91 Å². The Morgan fingerprint density at radius 3 is 2.90 bits per heavy atom. The molecule has 108 valence electrons. The molecule has 0 aromatic heterocycles. The lowest BCUT2D eigenvalue weighted by Gasteiger charge is -2.27. The van der Waals surface area contributed by atoms with E-state index < -0.39 is 11.6 Å². The third-order valence-corrected chi connectivity index (χ3v) is 4.41. The second kappa shape index (κ2) is 5.13. The highest BCUT2D eigenvalue weighted by Crippen LogP contribution is 2.32. The Balaban J connectivity index is 1.74. The van der Waals surface area contributed by atoms with Gasteiger partial charge < -0.3 is 10.2 Å². The third kappa shape index (κ3) is 2.30. The smallest absolute Gasteiger partial charge is 0.227 e. The summed E-state index contributed by atoms with van der Waals surface area (Å²) >= 11 is 0. The molecule has 2 aliphatic heterocycles. The van der Waals surface area contributed by atoms with Crippen LogP contribution in [0.2, 0.25) is 0 Å². The molecule has 3 rings (SSSR count). The number of hydrogen-bond donors (Lipinski definition) is 1. The number of rotatable bonds is 2. The highest BCUT2D eigenvalue weighted by Gasteiger charge is 2.43. The maximum Gasteiger partial charge on any atom is 0.227 e. The topological polar surface area (TPSA) is 32.3 Å². The van der Waals surface area contributed by atoms with Gasteiger partial charge in [0.25, 0.3) is 0 Å². The van der Waals surface area contributed by atoms with Crippen molar-refractivity contribution in [3.05, 3.63) is 35.4 Å². The SMILES string of the molecule is CC1CC2CNCC2N1C(=O)Cc1ccc(F)c(F)c1. The number of amides is 1. The predicted octanol–water partition coefficient (Wildman–Crippen LogP) is 1.72. The van der Waals surface area contributed by atoms with E-state index in [-0.39, 0.29) is 24.4 Å². The molecule has 1 amide bonds. The number of likely N-dealkylation sites (tertiary alicyclic amines) is 1. The van der Waals surface area contributed by atoms with Gasteiger partial charge >= 0.3 is 0 Å². The van der Waals surface area contributed by atoms with E-state index in [0.717, 1.165) is 31.6 Å². The molecule has 2 aliphatic rings. The molecule has 2 saturated heterocycles. The van der Waals surface area contributed by atoms with E-state index in [1.54, 1.807) is 0 Å². The van der Waals surface area contributed by atoms with Gasteiger partial charge in [-0.2, -0.15) is 0 Å². The molecule has 3 unspecified atom stereocenters. The highest BCUT2D eigenvalue weighted by molar-refractivity contribution is 5.80. The summed E-state index contributed by atoms with van der Waals surface area (Å²) < 4.78 is 26.1. The average Bonchev–Trinajstić information content (AvgIpc) is 2.93. The van der Waals surface area contributed by atoms with Crippen molar-refractivity contribution < 1.29 is 13.6 Å². The van der Waals surface area contributed by atoms with Gasteiger partial charge in [-0.1, -0.05) is 6.07 Å². The molecular formula is C15H18F2N2O. The quantitative estimate of drug-likeness (QED) is 0.894. The molecule has 1 aromatic rings. The minimum Gasteiger partial charge on any atom is -0.335 e. The van der Waals surface area contributed by atoms with Gasteiger partial charge in [-0.3, -0.25) is 4.79 Å². The molecule has 5 heteroatoms. The number of hydrogen-bond acceptors (Lipinski definition) is 2. The first kappa shape index (κ1) is 13.5. The molecule has 20 heavy (non-hydrogen) atoms. The summed E-state index contributed by atoms with van der Waals surface area (Å²) in [6, 6.07) is 4.14. The predicted molar refractivity (Wildman–Crippen MR) is 71.1 cm³/mol. The fraction of sp³-hybridized carbons (Fsp3) is 0.533. The zero-order valence-corrected chi connectivity index (χ0v) is 11.4. The van der Waals surface area contributed by atoms with Crippen molar-refractivity contribution in [1.82, 2.24) is 10.2 Å². The molecule has 0 spiro atoms. The monoisotopic (exact) mass is 280 g/mol. The van der Waals surface area contributed by atoms with Crippen molar-refractivity contribution in [3.63, 3.8) is 0 Å². The Morgan fingerprint density at radius 2 is 2.15 bits per heavy atom. The lowest BCUT2D eigenvalue weighted by Crippen LogP contribution is -2.43. The second-order valence-corrected chi connectivity index (χ2v) is 5.80. The zero-order chi connectivity index (χ0) is 14.3. The van der Waals surface area contributed by atoms with Gasteiger partial charge in [0.1, 0.15) is 0 Å². The summed E-state index contributed by atoms with van der Waals surface area (Å²) in [7, 11) is 0. The minimum atomic E-state index is -0.898. The van der Waals surface area contributed by atoms with Crippen molar-refractivity contribution in [2.45, 2.75) is 31.8 Å². The van der Waals surface area contributed by atoms with Gasteiger partial charge in [-0.15, -0.1) is 0 Å². The number of nitrogens with one attached hydrogen (secondary N) is 1. The number of benzene rings is 1. The fourth-order valence-corrected chi connectivity index (χ4v) is 3.51. The molecule has 0 radical (unpaired) electrons. The lowest BCUT2D eigenvalue weighted by atomic mass is 10.0. The van der Waals surface area contributed by atoms with E-state index >= 15 is 0 Å². The summed E-state index contributed by atoms with van der Waals surface area (Å²) in [6.45, 7) is 3.85. The second-order valence-electron chi connectivity index (χ2n) is 5.80. The Hall–Kier alpha value is -1.49. The number of carbonyl (C=O) groups is 1. The van der Waals surface area contributed by atoms with E-state index in [4.69, 9.17) is 0 Å². The molecule has 2 fully saturated rings. The number of nitrogens with zero attached hydrogens (tertiary/aromatic N) is 1. The Morgan fingerprint density at radius 1 is 1.35 bits per heavy atom. The summed E-state index contributed by atoms with van der Waals surface area (Å²) in [5, 5.41) is 3.31. The van der Waals surface area contributed by atoms with E-state index in [1.807, 2.05) is 4.90 Å². The van der Waals surface area contributed by atoms with Crippen LogP contribution in [0.15, 0.2) is 18.2 Å². The van der Waals surface area contributed by atoms with E-state index in [0.29, 0.717) is 11.5 Å². The van der Waals surface area contributed by atoms with Crippen LogP contribution in [-0.2, 0) is 11.2 Å². The minimum absolute atomic E-state index is 0.000270. The van der Waals surface area contributed by atoms with Crippen LogP contribution in [0.5, 0.6) is 0 Å². The maximum atomic E-state index is 13.2. The summed E-state index contributed by atoms with van der Waals surface area (Å²) in [6.07, 6.45) is 1.14. The molecule has 3 nitrogen and oxygen atoms in total. The van der Waals surface area contributed by atoms with Crippen LogP contribution in [0.1, 0.15) is 18.9 Å². The van der Waals surface area contributed by atoms with Crippen LogP contribution in [-0.4, -0.2) is 36.0 Å². The van der Waals surface area contributed by atoms with Gasteiger partial charge in [-0.25, -0.2) is 8.78 Å². The van der Waals surface area contributed by atoms with Crippen molar-refractivity contribution in [2.75, 3.05) is 13.1 Å². The number of carbonyl (C=O) groups excluding carboxylic acids is 1. The first-order valence-corrected chi connectivity index (χ1v) is 7.02. The number of halogens is 2. The van der Waals surface area contributed by atoms with Gasteiger partial charge in [0.2, 0.25) is 5.91 Å². The van der Waals surface area contributed by atoms with Crippen molar-refractivity contribution in [3.8, 4) is 0 Å². The summed E-state index contributed by atoms with van der Waals surface area (Å²) in [5.74, 6) is -1.25. The Kier molecular flexibility index (Phi) is 3.46. The molecule has 1 aromatic carbocycles. The van der Waals surface area contributed by atoms with Crippen molar-refractivity contribution in [1.29, 1.82) is 0 Å². The van der Waals surface area contributed by atoms with Crippen LogP contribution >= 0.6 is 0 Å². The van der Waals surface area contributed by atoms with E-state index in [9.17, 15) is 13.6 Å². The van der Waals surface area contributed by atoms with Crippen LogP contribution < -0.4 is 5.32 Å². The fourth-order valence-electron chi connectivity index (χ4n) is 3.51. The van der Waals surface area contributed by atoms with Crippen LogP contribution in [0, 0.1) is 17.6 Å². The normalized spacial score (nSPS) is 28.8. The summed E-state index contributed by atoms with van der Waals surface area (Å²) in [5.41, 5.74) is 0.524. The van der Waals surface area contributed by atoms with Crippen LogP contribution in [0.4, 0.5) is 8.78 Å².